The third-order valence-electron chi connectivity index (χ3n) is 4.35. The summed E-state index contributed by atoms with van der Waals surface area (Å²) in [7, 11) is 0. The van der Waals surface area contributed by atoms with Gasteiger partial charge in [0.2, 0.25) is 0 Å². The van der Waals surface area contributed by atoms with Gasteiger partial charge in [0.05, 0.1) is 29.1 Å². The molecule has 2 aromatic heterocycles. The van der Waals surface area contributed by atoms with E-state index in [2.05, 4.69) is 21.9 Å². The Labute approximate surface area is 140 Å². The third-order valence-corrected chi connectivity index (χ3v) is 5.35. The topological polar surface area (TPSA) is 77.0 Å². The molecule has 124 valence electrons. The Bertz CT molecular complexity index is 738. The summed E-state index contributed by atoms with van der Waals surface area (Å²) in [5.74, 6) is 0.518. The van der Waals surface area contributed by atoms with Crippen LogP contribution < -0.4 is 16.2 Å². The number of nitrogens with zero attached hydrogens (tertiary/aromatic N) is 4. The third kappa shape index (κ3) is 3.45. The van der Waals surface area contributed by atoms with Crippen LogP contribution in [-0.4, -0.2) is 34.4 Å². The van der Waals surface area contributed by atoms with Crippen LogP contribution in [-0.2, 0) is 13.0 Å². The summed E-state index contributed by atoms with van der Waals surface area (Å²) in [6.07, 6.45) is 3.75. The number of aromatic nitrogens is 3. The standard InChI is InChI=1S/C16H23N5OS/c1-3-14-15(23-11(2)19-14)10-21-16(22)6-13(8-18-21)20-5-4-12(7-17)9-20/h6,8,12H,3-5,7,9-10,17H2,1-2H3/t12-/m1/s1. The van der Waals surface area contributed by atoms with Crippen molar-refractivity contribution in [3.63, 3.8) is 0 Å². The molecule has 0 spiro atoms. The van der Waals surface area contributed by atoms with E-state index < -0.39 is 0 Å². The summed E-state index contributed by atoms with van der Waals surface area (Å²) in [6, 6.07) is 1.69. The molecule has 0 unspecified atom stereocenters. The van der Waals surface area contributed by atoms with Crippen LogP contribution in [0, 0.1) is 12.8 Å². The molecule has 0 aliphatic carbocycles. The highest BCUT2D eigenvalue weighted by Crippen LogP contribution is 2.22. The number of nitrogens with two attached hydrogens (primary N) is 1. The largest absolute Gasteiger partial charge is 0.370 e. The van der Waals surface area contributed by atoms with E-state index in [-0.39, 0.29) is 5.56 Å². The molecular formula is C16H23N5OS. The fourth-order valence-corrected chi connectivity index (χ4v) is 4.03. The monoisotopic (exact) mass is 333 g/mol. The molecule has 6 nitrogen and oxygen atoms in total. The van der Waals surface area contributed by atoms with Gasteiger partial charge >= 0.3 is 0 Å². The highest BCUT2D eigenvalue weighted by molar-refractivity contribution is 7.11. The van der Waals surface area contributed by atoms with E-state index in [0.29, 0.717) is 19.0 Å². The van der Waals surface area contributed by atoms with Gasteiger partial charge in [-0.3, -0.25) is 4.79 Å². The SMILES string of the molecule is CCc1nc(C)sc1Cn1ncc(N2CC[C@H](CN)C2)cc1=O. The van der Waals surface area contributed by atoms with Crippen molar-refractivity contribution in [2.24, 2.45) is 11.7 Å². The van der Waals surface area contributed by atoms with Crippen molar-refractivity contribution in [2.45, 2.75) is 33.2 Å². The molecule has 3 heterocycles. The lowest BCUT2D eigenvalue weighted by Gasteiger charge is -2.18. The van der Waals surface area contributed by atoms with Gasteiger partial charge in [0, 0.05) is 24.0 Å². The second kappa shape index (κ2) is 6.80. The molecule has 0 bridgehead atoms. The zero-order chi connectivity index (χ0) is 16.4. The van der Waals surface area contributed by atoms with Crippen LogP contribution in [0.25, 0.3) is 0 Å². The zero-order valence-electron chi connectivity index (χ0n) is 13.7. The van der Waals surface area contributed by atoms with Crippen molar-refractivity contribution in [1.29, 1.82) is 0 Å². The van der Waals surface area contributed by atoms with Gasteiger partial charge in [-0.05, 0) is 32.2 Å². The molecule has 3 rings (SSSR count). The number of thiazole rings is 1. The smallest absolute Gasteiger partial charge is 0.269 e. The van der Waals surface area contributed by atoms with Crippen LogP contribution in [0.4, 0.5) is 5.69 Å². The van der Waals surface area contributed by atoms with Gasteiger partial charge in [0.25, 0.3) is 5.56 Å². The molecule has 2 N–H and O–H groups in total. The molecule has 1 aliphatic rings. The maximum atomic E-state index is 12.4. The Morgan fingerprint density at radius 1 is 1.48 bits per heavy atom. The normalized spacial score (nSPS) is 17.9. The highest BCUT2D eigenvalue weighted by atomic mass is 32.1. The van der Waals surface area contributed by atoms with Gasteiger partial charge in [-0.25, -0.2) is 9.67 Å². The van der Waals surface area contributed by atoms with Crippen LogP contribution >= 0.6 is 11.3 Å². The van der Waals surface area contributed by atoms with Gasteiger partial charge in [0.1, 0.15) is 0 Å². The number of hydrogen-bond acceptors (Lipinski definition) is 6. The molecule has 0 amide bonds. The van der Waals surface area contributed by atoms with Gasteiger partial charge in [-0.2, -0.15) is 5.10 Å². The molecule has 1 aliphatic heterocycles. The molecule has 1 saturated heterocycles. The first-order valence-electron chi connectivity index (χ1n) is 8.08. The van der Waals surface area contributed by atoms with Crippen molar-refractivity contribution < 1.29 is 0 Å². The summed E-state index contributed by atoms with van der Waals surface area (Å²) in [4.78, 5) is 20.2. The predicted molar refractivity (Wildman–Crippen MR) is 93.2 cm³/mol. The average Bonchev–Trinajstić information content (AvgIpc) is 3.15. The minimum Gasteiger partial charge on any atom is -0.370 e. The second-order valence-electron chi connectivity index (χ2n) is 6.00. The van der Waals surface area contributed by atoms with Crippen LogP contribution in [0.5, 0.6) is 0 Å². The molecule has 7 heteroatoms. The van der Waals surface area contributed by atoms with Crippen LogP contribution in [0.1, 0.15) is 28.9 Å². The Morgan fingerprint density at radius 2 is 2.30 bits per heavy atom. The van der Waals surface area contributed by atoms with Crippen LogP contribution in [0.15, 0.2) is 17.1 Å². The molecule has 23 heavy (non-hydrogen) atoms. The lowest BCUT2D eigenvalue weighted by molar-refractivity contribution is 0.601. The Kier molecular flexibility index (Phi) is 4.77. The van der Waals surface area contributed by atoms with Crippen molar-refractivity contribution >= 4 is 17.0 Å². The van der Waals surface area contributed by atoms with E-state index in [4.69, 9.17) is 5.73 Å². The first kappa shape index (κ1) is 16.1. The molecule has 2 aromatic rings. The van der Waals surface area contributed by atoms with E-state index >= 15 is 0 Å². The van der Waals surface area contributed by atoms with Crippen molar-refractivity contribution in [2.75, 3.05) is 24.5 Å². The van der Waals surface area contributed by atoms with Gasteiger partial charge in [-0.15, -0.1) is 11.3 Å². The van der Waals surface area contributed by atoms with E-state index in [9.17, 15) is 4.79 Å². The number of anilines is 1. The number of rotatable bonds is 5. The average molecular weight is 333 g/mol. The minimum atomic E-state index is -0.0631. The van der Waals surface area contributed by atoms with Gasteiger partial charge in [-0.1, -0.05) is 6.92 Å². The van der Waals surface area contributed by atoms with Crippen LogP contribution in [0.2, 0.25) is 0 Å². The Hall–Kier alpha value is -1.73. The summed E-state index contributed by atoms with van der Waals surface area (Å²) in [6.45, 7) is 7.13. The predicted octanol–water partition coefficient (Wildman–Crippen LogP) is 1.40. The lowest BCUT2D eigenvalue weighted by atomic mass is 10.1. The van der Waals surface area contributed by atoms with E-state index in [1.807, 2.05) is 6.92 Å². The zero-order valence-corrected chi connectivity index (χ0v) is 14.5. The lowest BCUT2D eigenvalue weighted by Crippen LogP contribution is -2.27. The number of aryl methyl sites for hydroxylation is 2. The second-order valence-corrected chi connectivity index (χ2v) is 7.29. The first-order chi connectivity index (χ1) is 11.1. The van der Waals surface area contributed by atoms with Gasteiger partial charge in [0.15, 0.2) is 0 Å². The summed E-state index contributed by atoms with van der Waals surface area (Å²) >= 11 is 1.64. The Balaban J connectivity index is 1.78. The maximum Gasteiger partial charge on any atom is 0.269 e. The summed E-state index contributed by atoms with van der Waals surface area (Å²) < 4.78 is 1.52. The quantitative estimate of drug-likeness (QED) is 0.895. The minimum absolute atomic E-state index is 0.0631. The molecular weight excluding hydrogens is 310 g/mol. The van der Waals surface area contributed by atoms with Crippen molar-refractivity contribution in [3.8, 4) is 0 Å². The number of hydrogen-bond donors (Lipinski definition) is 1. The first-order valence-corrected chi connectivity index (χ1v) is 8.89. The van der Waals surface area contributed by atoms with E-state index in [1.165, 1.54) is 4.68 Å². The Morgan fingerprint density at radius 3 is 2.96 bits per heavy atom. The van der Waals surface area contributed by atoms with E-state index in [0.717, 1.165) is 47.2 Å². The van der Waals surface area contributed by atoms with Crippen LogP contribution in [0.3, 0.4) is 0 Å². The van der Waals surface area contributed by atoms with E-state index in [1.54, 1.807) is 23.6 Å². The molecule has 0 aromatic carbocycles. The fraction of sp³-hybridized carbons (Fsp3) is 0.562. The molecule has 0 radical (unpaired) electrons. The highest BCUT2D eigenvalue weighted by Gasteiger charge is 2.22. The summed E-state index contributed by atoms with van der Waals surface area (Å²) in [5.41, 5.74) is 7.63. The molecule has 0 saturated carbocycles. The molecule has 1 fully saturated rings. The van der Waals surface area contributed by atoms with Crippen molar-refractivity contribution in [1.82, 2.24) is 14.8 Å². The fourth-order valence-electron chi connectivity index (χ4n) is 3.02. The van der Waals surface area contributed by atoms with Gasteiger partial charge < -0.3 is 10.6 Å². The van der Waals surface area contributed by atoms with Crippen molar-refractivity contribution in [3.05, 3.63) is 38.2 Å². The summed E-state index contributed by atoms with van der Waals surface area (Å²) in [5, 5.41) is 5.40. The molecule has 1 atom stereocenters. The maximum absolute atomic E-state index is 12.4.